The molecule has 0 radical (unpaired) electrons. The van der Waals surface area contributed by atoms with Crippen LogP contribution in [0.3, 0.4) is 0 Å². The Balaban J connectivity index is 2.16. The lowest BCUT2D eigenvalue weighted by Gasteiger charge is -2.05. The van der Waals surface area contributed by atoms with Gasteiger partial charge in [0.2, 0.25) is 0 Å². The maximum Gasteiger partial charge on any atom is 0.273 e. The van der Waals surface area contributed by atoms with E-state index in [0.717, 1.165) is 24.2 Å². The van der Waals surface area contributed by atoms with E-state index < -0.39 is 4.92 Å². The molecular weight excluding hydrogens is 272 g/mol. The van der Waals surface area contributed by atoms with Gasteiger partial charge >= 0.3 is 0 Å². The number of hydrogen-bond donors (Lipinski definition) is 1. The Kier molecular flexibility index (Phi) is 4.89. The van der Waals surface area contributed by atoms with E-state index in [1.54, 1.807) is 16.9 Å². The number of nitrogens with zero attached hydrogens (tertiary/aromatic N) is 3. The third-order valence-electron chi connectivity index (χ3n) is 3.01. The topological polar surface area (TPSA) is 82.2 Å². The SMILES string of the molecule is CCNCc1cnn(Cc2cc(OC)cc([N+](=O)[O-])c2)c1. The van der Waals surface area contributed by atoms with Crippen LogP contribution < -0.4 is 10.1 Å². The molecule has 0 bridgehead atoms. The highest BCUT2D eigenvalue weighted by Crippen LogP contribution is 2.23. The molecule has 1 aromatic heterocycles. The normalized spacial score (nSPS) is 10.6. The first kappa shape index (κ1) is 15.0. The van der Waals surface area contributed by atoms with Gasteiger partial charge < -0.3 is 10.1 Å². The van der Waals surface area contributed by atoms with Gasteiger partial charge in [0.15, 0.2) is 0 Å². The van der Waals surface area contributed by atoms with Gasteiger partial charge in [0.25, 0.3) is 5.69 Å². The summed E-state index contributed by atoms with van der Waals surface area (Å²) in [5.41, 5.74) is 1.87. The van der Waals surface area contributed by atoms with Crippen LogP contribution in [-0.2, 0) is 13.1 Å². The first-order valence-corrected chi connectivity index (χ1v) is 6.66. The first-order chi connectivity index (χ1) is 10.1. The molecule has 1 heterocycles. The van der Waals surface area contributed by atoms with Crippen LogP contribution in [0, 0.1) is 10.1 Å². The van der Waals surface area contributed by atoms with Crippen LogP contribution in [0.5, 0.6) is 5.75 Å². The van der Waals surface area contributed by atoms with Gasteiger partial charge in [-0.3, -0.25) is 14.8 Å². The van der Waals surface area contributed by atoms with E-state index in [1.165, 1.54) is 19.2 Å². The monoisotopic (exact) mass is 290 g/mol. The molecule has 0 fully saturated rings. The van der Waals surface area contributed by atoms with E-state index >= 15 is 0 Å². The van der Waals surface area contributed by atoms with Crippen molar-refractivity contribution in [1.29, 1.82) is 0 Å². The number of benzene rings is 1. The maximum absolute atomic E-state index is 10.9. The van der Waals surface area contributed by atoms with Crippen LogP contribution >= 0.6 is 0 Å². The number of nitro groups is 1. The van der Waals surface area contributed by atoms with Crippen LogP contribution in [-0.4, -0.2) is 28.4 Å². The zero-order valence-corrected chi connectivity index (χ0v) is 12.1. The fourth-order valence-corrected chi connectivity index (χ4v) is 2.00. The summed E-state index contributed by atoms with van der Waals surface area (Å²) >= 11 is 0. The van der Waals surface area contributed by atoms with Crippen molar-refractivity contribution in [3.05, 3.63) is 51.8 Å². The third-order valence-corrected chi connectivity index (χ3v) is 3.01. The second-order valence-electron chi connectivity index (χ2n) is 4.62. The van der Waals surface area contributed by atoms with Crippen molar-refractivity contribution in [1.82, 2.24) is 15.1 Å². The Hall–Kier alpha value is -2.41. The number of nitrogens with one attached hydrogen (secondary N) is 1. The standard InChI is InChI=1S/C14H18N4O3/c1-3-15-7-12-8-16-17(10-12)9-11-4-13(18(19)20)6-14(5-11)21-2/h4-6,8,10,15H,3,7,9H2,1-2H3. The number of ether oxygens (including phenoxy) is 1. The highest BCUT2D eigenvalue weighted by atomic mass is 16.6. The molecule has 21 heavy (non-hydrogen) atoms. The number of aromatic nitrogens is 2. The van der Waals surface area contributed by atoms with E-state index in [2.05, 4.69) is 10.4 Å². The summed E-state index contributed by atoms with van der Waals surface area (Å²) in [6.45, 7) is 4.16. The Bertz CT molecular complexity index is 624. The van der Waals surface area contributed by atoms with Crippen molar-refractivity contribution < 1.29 is 9.66 Å². The average Bonchev–Trinajstić information content (AvgIpc) is 2.92. The van der Waals surface area contributed by atoms with Crippen LogP contribution in [0.2, 0.25) is 0 Å². The summed E-state index contributed by atoms with van der Waals surface area (Å²) in [6.07, 6.45) is 3.71. The number of nitro benzene ring substituents is 1. The van der Waals surface area contributed by atoms with Crippen LogP contribution in [0.25, 0.3) is 0 Å². The average molecular weight is 290 g/mol. The molecule has 2 rings (SSSR count). The number of rotatable bonds is 7. The van der Waals surface area contributed by atoms with Gasteiger partial charge in [-0.25, -0.2) is 0 Å². The van der Waals surface area contributed by atoms with Crippen molar-refractivity contribution in [2.75, 3.05) is 13.7 Å². The Labute approximate surface area is 122 Å². The molecule has 0 saturated carbocycles. The number of methoxy groups -OCH3 is 1. The first-order valence-electron chi connectivity index (χ1n) is 6.66. The summed E-state index contributed by atoms with van der Waals surface area (Å²) in [7, 11) is 1.49. The lowest BCUT2D eigenvalue weighted by molar-refractivity contribution is -0.385. The molecule has 1 aromatic carbocycles. The van der Waals surface area contributed by atoms with E-state index in [9.17, 15) is 10.1 Å². The lowest BCUT2D eigenvalue weighted by Crippen LogP contribution is -2.11. The van der Waals surface area contributed by atoms with Gasteiger partial charge in [-0.15, -0.1) is 0 Å². The minimum atomic E-state index is -0.425. The zero-order valence-electron chi connectivity index (χ0n) is 12.1. The summed E-state index contributed by atoms with van der Waals surface area (Å²) in [5.74, 6) is 0.472. The van der Waals surface area contributed by atoms with Crippen LogP contribution in [0.1, 0.15) is 18.1 Å². The Morgan fingerprint density at radius 3 is 2.86 bits per heavy atom. The molecule has 7 heteroatoms. The van der Waals surface area contributed by atoms with Crippen molar-refractivity contribution in [2.24, 2.45) is 0 Å². The van der Waals surface area contributed by atoms with Crippen molar-refractivity contribution >= 4 is 5.69 Å². The number of hydrogen-bond acceptors (Lipinski definition) is 5. The minimum absolute atomic E-state index is 0.0179. The van der Waals surface area contributed by atoms with Crippen LogP contribution in [0.4, 0.5) is 5.69 Å². The maximum atomic E-state index is 10.9. The molecule has 0 amide bonds. The number of non-ortho nitro benzene ring substituents is 1. The summed E-state index contributed by atoms with van der Waals surface area (Å²) in [6, 6.07) is 4.72. The molecule has 112 valence electrons. The van der Waals surface area contributed by atoms with Gasteiger partial charge in [-0.2, -0.15) is 5.10 Å². The van der Waals surface area contributed by atoms with Gasteiger partial charge in [0.1, 0.15) is 5.75 Å². The smallest absolute Gasteiger partial charge is 0.273 e. The highest BCUT2D eigenvalue weighted by Gasteiger charge is 2.11. The molecule has 0 aliphatic carbocycles. The molecule has 1 N–H and O–H groups in total. The van der Waals surface area contributed by atoms with E-state index in [4.69, 9.17) is 4.74 Å². The summed E-state index contributed by atoms with van der Waals surface area (Å²) in [4.78, 5) is 10.5. The van der Waals surface area contributed by atoms with E-state index in [-0.39, 0.29) is 5.69 Å². The highest BCUT2D eigenvalue weighted by molar-refractivity contribution is 5.42. The molecule has 0 spiro atoms. The van der Waals surface area contributed by atoms with E-state index in [0.29, 0.717) is 12.3 Å². The molecule has 0 saturated heterocycles. The fourth-order valence-electron chi connectivity index (χ4n) is 2.00. The molecule has 0 aliphatic heterocycles. The zero-order chi connectivity index (χ0) is 15.2. The predicted octanol–water partition coefficient (Wildman–Crippen LogP) is 1.96. The van der Waals surface area contributed by atoms with Crippen molar-refractivity contribution in [2.45, 2.75) is 20.0 Å². The second kappa shape index (κ2) is 6.85. The van der Waals surface area contributed by atoms with Gasteiger partial charge in [0, 0.05) is 24.4 Å². The fraction of sp³-hybridized carbons (Fsp3) is 0.357. The summed E-state index contributed by atoms with van der Waals surface area (Å²) in [5, 5.41) is 18.4. The van der Waals surface area contributed by atoms with Gasteiger partial charge in [0.05, 0.1) is 30.8 Å². The molecule has 2 aromatic rings. The molecule has 0 aliphatic rings. The summed E-state index contributed by atoms with van der Waals surface area (Å²) < 4.78 is 6.85. The van der Waals surface area contributed by atoms with Crippen LogP contribution in [0.15, 0.2) is 30.6 Å². The van der Waals surface area contributed by atoms with Gasteiger partial charge in [-0.05, 0) is 18.2 Å². The molecular formula is C14H18N4O3. The predicted molar refractivity (Wildman–Crippen MR) is 78.4 cm³/mol. The van der Waals surface area contributed by atoms with Crippen molar-refractivity contribution in [3.63, 3.8) is 0 Å². The second-order valence-corrected chi connectivity index (χ2v) is 4.62. The van der Waals surface area contributed by atoms with Gasteiger partial charge in [-0.1, -0.05) is 6.92 Å². The molecule has 0 unspecified atom stereocenters. The largest absolute Gasteiger partial charge is 0.496 e. The Morgan fingerprint density at radius 2 is 2.19 bits per heavy atom. The quantitative estimate of drug-likeness (QED) is 0.622. The van der Waals surface area contributed by atoms with Crippen molar-refractivity contribution in [3.8, 4) is 5.75 Å². The van der Waals surface area contributed by atoms with E-state index in [1.807, 2.05) is 13.1 Å². The molecule has 7 nitrogen and oxygen atoms in total. The molecule has 0 atom stereocenters. The third kappa shape index (κ3) is 4.03. The Morgan fingerprint density at radius 1 is 1.38 bits per heavy atom. The minimum Gasteiger partial charge on any atom is -0.496 e. The lowest BCUT2D eigenvalue weighted by atomic mass is 10.2.